The highest BCUT2D eigenvalue weighted by Crippen LogP contribution is 2.71. The van der Waals surface area contributed by atoms with Crippen molar-refractivity contribution in [1.82, 2.24) is 0 Å². The summed E-state index contributed by atoms with van der Waals surface area (Å²) < 4.78 is 74.0. The molecule has 4 aliphatic carbocycles. The standard InChI is InChI=1S/C57H84O20/c1-29-46(61)38(66-8)26-44(69-29)76-50-32(4)72-52(47(62)51(50)68-10)77-49-31(3)71-45(27-39(49)67-9)75-48-30(2)70-43(25-37(48)59)73-36-19-20-53(6)35(24-36)18-21-56(64)40(53)28-41(74-42(60)17-16-34-14-12-11-13-15-34)54(7)55(63,33(5)58)22-23-57(54,56)65/h11-18,29-32,36-41,43-52,59,61-65H,19-28H2,1-10H3/t29-,30-,31-,32-,36+,37+,38+,39+,40-,41-,43+,44+,45+,46-,47-,48-,49-,50-,51-,52+,53+,54-,55-,56+,57-/m1/s1. The first-order valence-electron chi connectivity index (χ1n) is 27.6. The summed E-state index contributed by atoms with van der Waals surface area (Å²) in [7, 11) is 4.54. The molecular formula is C57H84O20. The molecule has 0 unspecified atom stereocenters. The molecule has 4 aliphatic heterocycles. The smallest absolute Gasteiger partial charge is 0.331 e. The molecule has 4 saturated heterocycles. The van der Waals surface area contributed by atoms with Crippen LogP contribution in [0.5, 0.6) is 0 Å². The quantitative estimate of drug-likeness (QED) is 0.0833. The summed E-state index contributed by atoms with van der Waals surface area (Å²) in [5.74, 6) is -1.87. The number of aliphatic hydroxyl groups is 6. The maximum atomic E-state index is 13.6. The molecule has 0 aromatic heterocycles. The van der Waals surface area contributed by atoms with E-state index in [1.54, 1.807) is 40.9 Å². The van der Waals surface area contributed by atoms with Crippen LogP contribution in [0.15, 0.2) is 48.1 Å². The van der Waals surface area contributed by atoms with Crippen molar-refractivity contribution in [3.8, 4) is 0 Å². The fraction of sp³-hybridized carbons (Fsp3) is 0.789. The molecule has 8 aliphatic rings. The molecule has 0 radical (unpaired) electrons. The second-order valence-electron chi connectivity index (χ2n) is 23.5. The van der Waals surface area contributed by atoms with Gasteiger partial charge >= 0.3 is 5.97 Å². The maximum absolute atomic E-state index is 13.6. The highest BCUT2D eigenvalue weighted by Gasteiger charge is 2.81. The Bertz CT molecular complexity index is 2270. The van der Waals surface area contributed by atoms with Crippen molar-refractivity contribution in [2.45, 2.75) is 246 Å². The zero-order valence-corrected chi connectivity index (χ0v) is 46.1. The zero-order chi connectivity index (χ0) is 55.6. The van der Waals surface area contributed by atoms with E-state index in [0.717, 1.165) is 11.1 Å². The van der Waals surface area contributed by atoms with Crippen LogP contribution in [-0.2, 0) is 66.4 Å². The minimum Gasteiger partial charge on any atom is -0.458 e. The lowest BCUT2D eigenvalue weighted by Gasteiger charge is -2.67. The first kappa shape index (κ1) is 58.8. The van der Waals surface area contributed by atoms with E-state index in [1.807, 2.05) is 43.3 Å². The van der Waals surface area contributed by atoms with Gasteiger partial charge in [-0.15, -0.1) is 0 Å². The van der Waals surface area contributed by atoms with Crippen LogP contribution in [0.1, 0.15) is 118 Å². The molecule has 4 heterocycles. The average Bonchev–Trinajstić information content (AvgIpc) is 3.95. The molecule has 25 atom stereocenters. The Morgan fingerprint density at radius 2 is 1.30 bits per heavy atom. The van der Waals surface area contributed by atoms with E-state index in [9.17, 15) is 40.2 Å². The van der Waals surface area contributed by atoms with E-state index >= 15 is 0 Å². The lowest BCUT2D eigenvalue weighted by atomic mass is 9.42. The normalized spacial score (nSPS) is 49.1. The summed E-state index contributed by atoms with van der Waals surface area (Å²) in [6, 6.07) is 9.24. The summed E-state index contributed by atoms with van der Waals surface area (Å²) >= 11 is 0. The minimum atomic E-state index is -2.06. The van der Waals surface area contributed by atoms with Gasteiger partial charge in [-0.05, 0) is 104 Å². The van der Waals surface area contributed by atoms with Crippen molar-refractivity contribution in [3.05, 3.63) is 53.6 Å². The number of ketones is 1. The summed E-state index contributed by atoms with van der Waals surface area (Å²) in [5, 5.41) is 71.7. The Hall–Kier alpha value is -2.84. The van der Waals surface area contributed by atoms with Gasteiger partial charge in [-0.2, -0.15) is 0 Å². The van der Waals surface area contributed by atoms with Gasteiger partial charge in [0.1, 0.15) is 59.5 Å². The maximum Gasteiger partial charge on any atom is 0.331 e. The molecule has 1 aromatic carbocycles. The second-order valence-corrected chi connectivity index (χ2v) is 23.5. The van der Waals surface area contributed by atoms with Gasteiger partial charge < -0.3 is 87.5 Å². The van der Waals surface area contributed by atoms with E-state index in [4.69, 9.17) is 56.8 Å². The third-order valence-corrected chi connectivity index (χ3v) is 19.4. The second kappa shape index (κ2) is 22.8. The van der Waals surface area contributed by atoms with Gasteiger partial charge in [0.15, 0.2) is 30.9 Å². The van der Waals surface area contributed by atoms with Crippen LogP contribution in [0.25, 0.3) is 6.08 Å². The summed E-state index contributed by atoms with van der Waals surface area (Å²) in [6.07, 6.45) is -7.50. The topological polar surface area (TPSA) is 266 Å². The van der Waals surface area contributed by atoms with Crippen LogP contribution >= 0.6 is 0 Å². The Kier molecular flexibility index (Phi) is 17.4. The first-order chi connectivity index (χ1) is 36.4. The highest BCUT2D eigenvalue weighted by atomic mass is 16.8. The van der Waals surface area contributed by atoms with Gasteiger partial charge in [-0.3, -0.25) is 4.79 Å². The Morgan fingerprint density at radius 3 is 1.95 bits per heavy atom. The number of Topliss-reactive ketones (excluding diaryl/α,β-unsaturated/α-hetero) is 1. The molecule has 0 spiro atoms. The molecule has 20 nitrogen and oxygen atoms in total. The van der Waals surface area contributed by atoms with Crippen molar-refractivity contribution in [2.24, 2.45) is 16.7 Å². The van der Waals surface area contributed by atoms with Crippen molar-refractivity contribution in [3.63, 3.8) is 0 Å². The van der Waals surface area contributed by atoms with Gasteiger partial charge in [0.25, 0.3) is 0 Å². The summed E-state index contributed by atoms with van der Waals surface area (Å²) in [6.45, 7) is 12.0. The molecule has 0 amide bonds. The fourth-order valence-corrected chi connectivity index (χ4v) is 14.8. The van der Waals surface area contributed by atoms with E-state index < -0.39 is 156 Å². The lowest BCUT2D eigenvalue weighted by molar-refractivity contribution is -0.364. The Labute approximate surface area is 451 Å². The van der Waals surface area contributed by atoms with Gasteiger partial charge in [0, 0.05) is 52.6 Å². The number of carbonyl (C=O) groups excluding carboxylic acids is 2. The van der Waals surface area contributed by atoms with Crippen molar-refractivity contribution >= 4 is 17.8 Å². The number of ether oxygens (including phenoxy) is 12. The predicted octanol–water partition coefficient (Wildman–Crippen LogP) is 3.55. The average molecular weight is 1090 g/mol. The van der Waals surface area contributed by atoms with E-state index in [2.05, 4.69) is 6.92 Å². The van der Waals surface area contributed by atoms with Crippen molar-refractivity contribution < 1.29 is 97.1 Å². The Balaban J connectivity index is 0.804. The lowest BCUT2D eigenvalue weighted by Crippen LogP contribution is -2.78. The van der Waals surface area contributed by atoms with Gasteiger partial charge in [-0.1, -0.05) is 48.9 Å². The van der Waals surface area contributed by atoms with Crippen molar-refractivity contribution in [1.29, 1.82) is 0 Å². The van der Waals surface area contributed by atoms with Crippen LogP contribution in [-0.4, -0.2) is 197 Å². The molecule has 7 fully saturated rings. The molecule has 432 valence electrons. The number of carbonyl (C=O) groups is 2. The largest absolute Gasteiger partial charge is 0.458 e. The predicted molar refractivity (Wildman–Crippen MR) is 272 cm³/mol. The zero-order valence-electron chi connectivity index (χ0n) is 46.1. The van der Waals surface area contributed by atoms with Crippen LogP contribution in [0.4, 0.5) is 0 Å². The highest BCUT2D eigenvalue weighted by molar-refractivity contribution is 5.88. The number of esters is 1. The first-order valence-corrected chi connectivity index (χ1v) is 27.6. The van der Waals surface area contributed by atoms with Crippen LogP contribution in [0.2, 0.25) is 0 Å². The summed E-state index contributed by atoms with van der Waals surface area (Å²) in [4.78, 5) is 26.9. The number of fused-ring (bicyclic) bond motifs is 5. The molecule has 0 bridgehead atoms. The summed E-state index contributed by atoms with van der Waals surface area (Å²) in [5.41, 5.74) is -6.43. The van der Waals surface area contributed by atoms with Gasteiger partial charge in [0.2, 0.25) is 0 Å². The Morgan fingerprint density at radius 1 is 0.675 bits per heavy atom. The third-order valence-electron chi connectivity index (χ3n) is 19.4. The molecule has 3 saturated carbocycles. The third kappa shape index (κ3) is 10.5. The van der Waals surface area contributed by atoms with Gasteiger partial charge in [0.05, 0.1) is 54.2 Å². The van der Waals surface area contributed by atoms with Crippen LogP contribution in [0, 0.1) is 16.7 Å². The van der Waals surface area contributed by atoms with Crippen LogP contribution in [0.3, 0.4) is 0 Å². The number of aliphatic hydroxyl groups excluding tert-OH is 3. The molecule has 1 aromatic rings. The number of methoxy groups -OCH3 is 3. The number of rotatable bonds is 15. The number of benzene rings is 1. The minimum absolute atomic E-state index is 0.0524. The van der Waals surface area contributed by atoms with E-state index in [1.165, 1.54) is 27.2 Å². The molecule has 20 heteroatoms. The molecular weight excluding hydrogens is 1000 g/mol. The fourth-order valence-electron chi connectivity index (χ4n) is 14.8. The molecule has 9 rings (SSSR count). The monoisotopic (exact) mass is 1090 g/mol. The van der Waals surface area contributed by atoms with Crippen molar-refractivity contribution in [2.75, 3.05) is 21.3 Å². The number of hydrogen-bond donors (Lipinski definition) is 6. The SMILES string of the molecule is CO[C@@H]1[C@@H](O)[C@H](O[C@H]2[C@@H](OC)C[C@H](O[C@H]3[C@@H](O)C[C@H](O[C@H]4CC[C@@]5(C)C(=CC[C@]6(O)[C@@H]5C[C@@H](OC(=O)C=Cc5ccccc5)[C@@]5(C)[C@]6(O)CC[C@@]5(O)C(C)=O)C4)O[C@@H]3C)O[C@@H]2C)O[C@H](C)[C@H]1O[C@H]1C[C@H](OC)[C@H](O)[C@@H](C)O1. The van der Waals surface area contributed by atoms with E-state index in [0.29, 0.717) is 19.3 Å². The van der Waals surface area contributed by atoms with Gasteiger partial charge in [-0.25, -0.2) is 4.79 Å². The molecule has 6 N–H and O–H groups in total. The number of hydrogen-bond acceptors (Lipinski definition) is 20. The molecule has 77 heavy (non-hydrogen) atoms. The van der Waals surface area contributed by atoms with Crippen LogP contribution < -0.4 is 0 Å². The van der Waals surface area contributed by atoms with E-state index in [-0.39, 0.29) is 51.0 Å².